The summed E-state index contributed by atoms with van der Waals surface area (Å²) in [7, 11) is 0. The summed E-state index contributed by atoms with van der Waals surface area (Å²) < 4.78 is 82.9. The van der Waals surface area contributed by atoms with Crippen molar-refractivity contribution in [2.24, 2.45) is 0 Å². The fourth-order valence-corrected chi connectivity index (χ4v) is 5.25. The fraction of sp³-hybridized carbons (Fsp3) is 0. The van der Waals surface area contributed by atoms with Gasteiger partial charge < -0.3 is 0 Å². The van der Waals surface area contributed by atoms with E-state index in [2.05, 4.69) is 50.5 Å². The molecule has 258 valence electrons. The van der Waals surface area contributed by atoms with Gasteiger partial charge in [0.1, 0.15) is 34.9 Å². The molecular formula is C45H21F6N3. The van der Waals surface area contributed by atoms with Crippen LogP contribution in [-0.4, -0.2) is 15.0 Å². The molecule has 3 aromatic heterocycles. The van der Waals surface area contributed by atoms with Gasteiger partial charge in [-0.3, -0.25) is 15.0 Å². The molecule has 0 saturated carbocycles. The Balaban J connectivity index is 1.18. The molecule has 54 heavy (non-hydrogen) atoms. The van der Waals surface area contributed by atoms with Gasteiger partial charge in [-0.15, -0.1) is 0 Å². The second kappa shape index (κ2) is 15.5. The van der Waals surface area contributed by atoms with E-state index in [0.29, 0.717) is 50.5 Å². The number of rotatable bonds is 3. The number of nitrogens with zero attached hydrogens (tertiary/aromatic N) is 3. The molecule has 0 saturated heterocycles. The van der Waals surface area contributed by atoms with Crippen molar-refractivity contribution in [2.75, 3.05) is 0 Å². The molecule has 0 fully saturated rings. The standard InChI is InChI=1S/C45H21F6N3/c46-34-10-13-37(40(49)22-34)43-16-7-28(25-52-43)1-4-31-19-32(5-2-29-8-17-44(53-26-29)38-14-11-35(47)23-41(38)50)21-33(20-31)6-3-30-9-18-45(54-27-30)39-15-12-36(48)24-42(39)51/h7-27H. The van der Waals surface area contributed by atoms with Crippen LogP contribution in [0.1, 0.15) is 33.4 Å². The summed E-state index contributed by atoms with van der Waals surface area (Å²) in [4.78, 5) is 12.9. The minimum atomic E-state index is -0.727. The first-order chi connectivity index (χ1) is 26.2. The van der Waals surface area contributed by atoms with E-state index in [4.69, 9.17) is 0 Å². The van der Waals surface area contributed by atoms with Gasteiger partial charge in [0.2, 0.25) is 0 Å². The third-order valence-corrected chi connectivity index (χ3v) is 7.90. The van der Waals surface area contributed by atoms with Crippen LogP contribution in [0, 0.1) is 70.4 Å². The summed E-state index contributed by atoms with van der Waals surface area (Å²) in [6.45, 7) is 0. The van der Waals surface area contributed by atoms with Crippen LogP contribution in [0.15, 0.2) is 128 Å². The predicted octanol–water partition coefficient (Wildman–Crippen LogP) is 9.91. The van der Waals surface area contributed by atoms with Gasteiger partial charge in [-0.2, -0.15) is 0 Å². The Bertz CT molecular complexity index is 2410. The lowest BCUT2D eigenvalue weighted by Crippen LogP contribution is -1.90. The minimum Gasteiger partial charge on any atom is -0.255 e. The van der Waals surface area contributed by atoms with Crippen molar-refractivity contribution in [3.8, 4) is 69.3 Å². The monoisotopic (exact) mass is 717 g/mol. The number of halogens is 6. The van der Waals surface area contributed by atoms with Gasteiger partial charge in [0.05, 0.1) is 17.1 Å². The number of pyridine rings is 3. The number of hydrogen-bond acceptors (Lipinski definition) is 3. The number of aromatic nitrogens is 3. The molecule has 4 aromatic carbocycles. The number of benzene rings is 4. The lowest BCUT2D eigenvalue weighted by Gasteiger charge is -2.03. The Kier molecular flexibility index (Phi) is 10.0. The predicted molar refractivity (Wildman–Crippen MR) is 193 cm³/mol. The van der Waals surface area contributed by atoms with Gasteiger partial charge in [-0.25, -0.2) is 26.3 Å². The first kappa shape index (κ1) is 35.0. The van der Waals surface area contributed by atoms with Gasteiger partial charge in [0, 0.05) is 86.9 Å². The first-order valence-electron chi connectivity index (χ1n) is 16.1. The van der Waals surface area contributed by atoms with Crippen molar-refractivity contribution >= 4 is 0 Å². The van der Waals surface area contributed by atoms with Crippen LogP contribution in [0.2, 0.25) is 0 Å². The molecule has 7 rings (SSSR count). The van der Waals surface area contributed by atoms with Crippen LogP contribution in [0.5, 0.6) is 0 Å². The average molecular weight is 718 g/mol. The molecule has 0 amide bonds. The Hall–Kier alpha value is -7.41. The highest BCUT2D eigenvalue weighted by Crippen LogP contribution is 2.24. The van der Waals surface area contributed by atoms with Crippen molar-refractivity contribution in [3.63, 3.8) is 0 Å². The molecule has 3 heterocycles. The van der Waals surface area contributed by atoms with Crippen LogP contribution in [-0.2, 0) is 0 Å². The summed E-state index contributed by atoms with van der Waals surface area (Å²) in [5.41, 5.74) is 4.77. The molecule has 0 atom stereocenters. The van der Waals surface area contributed by atoms with Crippen molar-refractivity contribution in [3.05, 3.63) is 196 Å². The molecule has 0 aliphatic rings. The van der Waals surface area contributed by atoms with E-state index < -0.39 is 34.9 Å². The third kappa shape index (κ3) is 8.37. The Morgan fingerprint density at radius 3 is 0.815 bits per heavy atom. The second-order valence-corrected chi connectivity index (χ2v) is 11.7. The van der Waals surface area contributed by atoms with Crippen LogP contribution in [0.3, 0.4) is 0 Å². The normalized spacial score (nSPS) is 10.3. The van der Waals surface area contributed by atoms with Gasteiger partial charge in [-0.1, -0.05) is 35.5 Å². The quantitative estimate of drug-likeness (QED) is 0.135. The van der Waals surface area contributed by atoms with E-state index in [0.717, 1.165) is 36.4 Å². The van der Waals surface area contributed by atoms with Crippen LogP contribution in [0.4, 0.5) is 26.3 Å². The molecule has 7 aromatic rings. The molecule has 0 unspecified atom stereocenters. The Labute approximate surface area is 306 Å². The van der Waals surface area contributed by atoms with Gasteiger partial charge in [0.25, 0.3) is 0 Å². The van der Waals surface area contributed by atoms with Crippen molar-refractivity contribution in [1.29, 1.82) is 0 Å². The summed E-state index contributed by atoms with van der Waals surface area (Å²) in [5, 5.41) is 0. The van der Waals surface area contributed by atoms with Crippen molar-refractivity contribution in [1.82, 2.24) is 15.0 Å². The van der Waals surface area contributed by atoms with Gasteiger partial charge in [-0.05, 0) is 91.0 Å². The minimum absolute atomic E-state index is 0.158. The summed E-state index contributed by atoms with van der Waals surface area (Å²) in [5.74, 6) is 14.1. The van der Waals surface area contributed by atoms with Crippen LogP contribution < -0.4 is 0 Å². The molecule has 0 spiro atoms. The zero-order valence-electron chi connectivity index (χ0n) is 27.7. The maximum atomic E-state index is 14.3. The zero-order valence-corrected chi connectivity index (χ0v) is 27.7. The average Bonchev–Trinajstić information content (AvgIpc) is 3.16. The van der Waals surface area contributed by atoms with Crippen molar-refractivity contribution < 1.29 is 26.3 Å². The van der Waals surface area contributed by atoms with E-state index >= 15 is 0 Å². The van der Waals surface area contributed by atoms with E-state index in [9.17, 15) is 26.3 Å². The maximum absolute atomic E-state index is 14.3. The molecule has 0 aliphatic carbocycles. The molecule has 0 bridgehead atoms. The molecule has 0 aliphatic heterocycles. The van der Waals surface area contributed by atoms with E-state index in [1.807, 2.05) is 0 Å². The maximum Gasteiger partial charge on any atom is 0.135 e. The number of hydrogen-bond donors (Lipinski definition) is 0. The molecule has 0 radical (unpaired) electrons. The highest BCUT2D eigenvalue weighted by atomic mass is 19.2. The Morgan fingerprint density at radius 1 is 0.296 bits per heavy atom. The van der Waals surface area contributed by atoms with Crippen LogP contribution in [0.25, 0.3) is 33.8 Å². The highest BCUT2D eigenvalue weighted by Gasteiger charge is 2.10. The van der Waals surface area contributed by atoms with E-state index in [1.165, 1.54) is 36.8 Å². The van der Waals surface area contributed by atoms with Gasteiger partial charge in [0.15, 0.2) is 0 Å². The summed E-state index contributed by atoms with van der Waals surface area (Å²) in [6.07, 6.45) is 4.45. The van der Waals surface area contributed by atoms with E-state index in [1.54, 1.807) is 54.6 Å². The second-order valence-electron chi connectivity index (χ2n) is 11.7. The summed E-state index contributed by atoms with van der Waals surface area (Å²) in [6, 6.07) is 24.9. The Morgan fingerprint density at radius 2 is 0.574 bits per heavy atom. The summed E-state index contributed by atoms with van der Waals surface area (Å²) >= 11 is 0. The van der Waals surface area contributed by atoms with Gasteiger partial charge >= 0.3 is 0 Å². The fourth-order valence-electron chi connectivity index (χ4n) is 5.25. The SMILES string of the molecule is Fc1ccc(-c2ccc(C#Cc3cc(C#Cc4ccc(-c5ccc(F)cc5F)nc4)cc(C#Cc4ccc(-c5ccc(F)cc5F)nc4)c3)cn2)c(F)c1. The topological polar surface area (TPSA) is 38.7 Å². The lowest BCUT2D eigenvalue weighted by molar-refractivity contribution is 0.584. The molecule has 9 heteroatoms. The smallest absolute Gasteiger partial charge is 0.135 e. The lowest BCUT2D eigenvalue weighted by atomic mass is 10.0. The molecule has 0 N–H and O–H groups in total. The third-order valence-electron chi connectivity index (χ3n) is 7.90. The zero-order chi connectivity index (χ0) is 37.6. The molecule has 3 nitrogen and oxygen atoms in total. The first-order valence-corrected chi connectivity index (χ1v) is 16.1. The molecular weight excluding hydrogens is 697 g/mol. The van der Waals surface area contributed by atoms with Crippen LogP contribution >= 0.6 is 0 Å². The van der Waals surface area contributed by atoms with E-state index in [-0.39, 0.29) is 16.7 Å². The van der Waals surface area contributed by atoms with Crippen molar-refractivity contribution in [2.45, 2.75) is 0 Å². The highest BCUT2D eigenvalue weighted by molar-refractivity contribution is 5.63. The largest absolute Gasteiger partial charge is 0.255 e.